The molecule has 84 valence electrons. The van der Waals surface area contributed by atoms with E-state index in [1.807, 2.05) is 0 Å². The second-order valence-electron chi connectivity index (χ2n) is 4.04. The smallest absolute Gasteiger partial charge is 0.0110 e. The molecule has 4 heteroatoms. The minimum absolute atomic E-state index is 0.745. The molecule has 0 atom stereocenters. The van der Waals surface area contributed by atoms with E-state index < -0.39 is 0 Å². The summed E-state index contributed by atoms with van der Waals surface area (Å²) in [4.78, 5) is 4.94. The van der Waals surface area contributed by atoms with E-state index in [2.05, 4.69) is 22.2 Å². The van der Waals surface area contributed by atoms with E-state index in [1.165, 1.54) is 39.1 Å². The molecule has 0 aromatic heterocycles. The molecule has 4 nitrogen and oxygen atoms in total. The number of hydrogen-bond donors (Lipinski definition) is 2. The van der Waals surface area contributed by atoms with Gasteiger partial charge in [-0.1, -0.05) is 0 Å². The van der Waals surface area contributed by atoms with Gasteiger partial charge in [-0.15, -0.1) is 0 Å². The van der Waals surface area contributed by atoms with E-state index in [0.29, 0.717) is 0 Å². The zero-order chi connectivity index (χ0) is 10.2. The summed E-state index contributed by atoms with van der Waals surface area (Å²) in [6, 6.07) is 0. The Kier molecular flexibility index (Phi) is 6.10. The van der Waals surface area contributed by atoms with Gasteiger partial charge in [-0.25, -0.2) is 0 Å². The first-order chi connectivity index (χ1) is 6.83. The SMILES string of the molecule is CN1CCN(CCCNCCN)CC1. The Morgan fingerprint density at radius 2 is 1.86 bits per heavy atom. The van der Waals surface area contributed by atoms with E-state index in [1.54, 1.807) is 0 Å². The highest BCUT2D eigenvalue weighted by molar-refractivity contribution is 4.69. The monoisotopic (exact) mass is 200 g/mol. The van der Waals surface area contributed by atoms with Crippen molar-refractivity contribution in [2.75, 3.05) is 59.4 Å². The van der Waals surface area contributed by atoms with Gasteiger partial charge in [-0.2, -0.15) is 0 Å². The van der Waals surface area contributed by atoms with E-state index in [4.69, 9.17) is 5.73 Å². The first kappa shape index (κ1) is 11.9. The van der Waals surface area contributed by atoms with Crippen molar-refractivity contribution in [2.24, 2.45) is 5.73 Å². The maximum absolute atomic E-state index is 5.39. The fraction of sp³-hybridized carbons (Fsp3) is 1.00. The fourth-order valence-corrected chi connectivity index (χ4v) is 1.73. The van der Waals surface area contributed by atoms with Gasteiger partial charge in [0.15, 0.2) is 0 Å². The van der Waals surface area contributed by atoms with Crippen molar-refractivity contribution in [1.82, 2.24) is 15.1 Å². The highest BCUT2D eigenvalue weighted by Crippen LogP contribution is 1.99. The van der Waals surface area contributed by atoms with Crippen LogP contribution in [0.4, 0.5) is 0 Å². The zero-order valence-corrected chi connectivity index (χ0v) is 9.34. The van der Waals surface area contributed by atoms with Gasteiger partial charge in [0, 0.05) is 39.3 Å². The fourth-order valence-electron chi connectivity index (χ4n) is 1.73. The summed E-state index contributed by atoms with van der Waals surface area (Å²) in [6.07, 6.45) is 1.24. The number of likely N-dealkylation sites (N-methyl/N-ethyl adjacent to an activating group) is 1. The lowest BCUT2D eigenvalue weighted by Gasteiger charge is -2.32. The van der Waals surface area contributed by atoms with Crippen molar-refractivity contribution >= 4 is 0 Å². The maximum atomic E-state index is 5.39. The summed E-state index contributed by atoms with van der Waals surface area (Å²) in [6.45, 7) is 8.92. The summed E-state index contributed by atoms with van der Waals surface area (Å²) in [5.41, 5.74) is 5.39. The van der Waals surface area contributed by atoms with Crippen molar-refractivity contribution in [3.63, 3.8) is 0 Å². The molecule has 0 aromatic rings. The number of nitrogens with two attached hydrogens (primary N) is 1. The number of rotatable bonds is 6. The van der Waals surface area contributed by atoms with Crippen LogP contribution in [0.5, 0.6) is 0 Å². The van der Waals surface area contributed by atoms with Gasteiger partial charge in [0.1, 0.15) is 0 Å². The highest BCUT2D eigenvalue weighted by atomic mass is 15.2. The summed E-state index contributed by atoms with van der Waals surface area (Å²) in [5.74, 6) is 0. The maximum Gasteiger partial charge on any atom is 0.0110 e. The van der Waals surface area contributed by atoms with Crippen LogP contribution < -0.4 is 11.1 Å². The molecule has 0 aromatic carbocycles. The molecular weight excluding hydrogens is 176 g/mol. The molecule has 0 aliphatic carbocycles. The van der Waals surface area contributed by atoms with Crippen LogP contribution in [0.25, 0.3) is 0 Å². The Labute approximate surface area is 87.4 Å². The molecule has 14 heavy (non-hydrogen) atoms. The van der Waals surface area contributed by atoms with Gasteiger partial charge in [-0.05, 0) is 26.6 Å². The molecule has 0 saturated carbocycles. The van der Waals surface area contributed by atoms with E-state index in [9.17, 15) is 0 Å². The third-order valence-electron chi connectivity index (χ3n) is 2.74. The lowest BCUT2D eigenvalue weighted by Crippen LogP contribution is -2.45. The average molecular weight is 200 g/mol. The van der Waals surface area contributed by atoms with Crippen LogP contribution in [0.2, 0.25) is 0 Å². The van der Waals surface area contributed by atoms with Crippen molar-refractivity contribution in [3.8, 4) is 0 Å². The normalized spacial score (nSPS) is 20.1. The second-order valence-corrected chi connectivity index (χ2v) is 4.04. The predicted molar refractivity (Wildman–Crippen MR) is 60.5 cm³/mol. The van der Waals surface area contributed by atoms with Gasteiger partial charge in [0.2, 0.25) is 0 Å². The number of nitrogens with zero attached hydrogens (tertiary/aromatic N) is 2. The predicted octanol–water partition coefficient (Wildman–Crippen LogP) is -0.828. The van der Waals surface area contributed by atoms with Crippen LogP contribution in [0, 0.1) is 0 Å². The summed E-state index contributed by atoms with van der Waals surface area (Å²) in [7, 11) is 2.19. The minimum Gasteiger partial charge on any atom is -0.329 e. The van der Waals surface area contributed by atoms with Crippen LogP contribution in [-0.4, -0.2) is 69.2 Å². The van der Waals surface area contributed by atoms with Crippen molar-refractivity contribution in [2.45, 2.75) is 6.42 Å². The minimum atomic E-state index is 0.745. The van der Waals surface area contributed by atoms with Gasteiger partial charge >= 0.3 is 0 Å². The Bertz CT molecular complexity index is 132. The molecule has 0 bridgehead atoms. The largest absolute Gasteiger partial charge is 0.329 e. The standard InChI is InChI=1S/C10H24N4/c1-13-7-9-14(10-8-13)6-2-4-12-5-3-11/h12H,2-11H2,1H3. The molecule has 1 fully saturated rings. The number of piperazine rings is 1. The summed E-state index contributed by atoms with van der Waals surface area (Å²) < 4.78 is 0. The molecule has 0 unspecified atom stereocenters. The second kappa shape index (κ2) is 7.17. The first-order valence-corrected chi connectivity index (χ1v) is 5.64. The molecular formula is C10H24N4. The Morgan fingerprint density at radius 3 is 2.50 bits per heavy atom. The van der Waals surface area contributed by atoms with E-state index in [-0.39, 0.29) is 0 Å². The quantitative estimate of drug-likeness (QED) is 0.550. The lowest BCUT2D eigenvalue weighted by atomic mass is 10.3. The molecule has 0 radical (unpaired) electrons. The zero-order valence-electron chi connectivity index (χ0n) is 9.34. The summed E-state index contributed by atoms with van der Waals surface area (Å²) >= 11 is 0. The van der Waals surface area contributed by atoms with Crippen LogP contribution in [0.3, 0.4) is 0 Å². The molecule has 3 N–H and O–H groups in total. The Balaban J connectivity index is 1.91. The van der Waals surface area contributed by atoms with Gasteiger partial charge < -0.3 is 20.9 Å². The van der Waals surface area contributed by atoms with E-state index >= 15 is 0 Å². The molecule has 1 heterocycles. The van der Waals surface area contributed by atoms with Gasteiger partial charge in [0.05, 0.1) is 0 Å². The average Bonchev–Trinajstić information content (AvgIpc) is 2.21. The molecule has 0 spiro atoms. The van der Waals surface area contributed by atoms with Crippen LogP contribution in [-0.2, 0) is 0 Å². The number of nitrogens with one attached hydrogen (secondary N) is 1. The first-order valence-electron chi connectivity index (χ1n) is 5.64. The molecule has 1 saturated heterocycles. The molecule has 1 aliphatic rings. The topological polar surface area (TPSA) is 44.5 Å². The third-order valence-corrected chi connectivity index (χ3v) is 2.74. The Hall–Kier alpha value is -0.160. The summed E-state index contributed by atoms with van der Waals surface area (Å²) in [5, 5.41) is 3.32. The lowest BCUT2D eigenvalue weighted by molar-refractivity contribution is 0.153. The van der Waals surface area contributed by atoms with E-state index in [0.717, 1.165) is 19.6 Å². The van der Waals surface area contributed by atoms with Gasteiger partial charge in [0.25, 0.3) is 0 Å². The molecule has 0 amide bonds. The van der Waals surface area contributed by atoms with Crippen LogP contribution in [0.1, 0.15) is 6.42 Å². The molecule has 1 rings (SSSR count). The Morgan fingerprint density at radius 1 is 1.14 bits per heavy atom. The van der Waals surface area contributed by atoms with Crippen LogP contribution >= 0.6 is 0 Å². The van der Waals surface area contributed by atoms with Crippen LogP contribution in [0.15, 0.2) is 0 Å². The van der Waals surface area contributed by atoms with Gasteiger partial charge in [-0.3, -0.25) is 0 Å². The highest BCUT2D eigenvalue weighted by Gasteiger charge is 2.12. The van der Waals surface area contributed by atoms with Crippen molar-refractivity contribution in [1.29, 1.82) is 0 Å². The van der Waals surface area contributed by atoms with Crippen molar-refractivity contribution in [3.05, 3.63) is 0 Å². The third kappa shape index (κ3) is 4.91. The molecule has 1 aliphatic heterocycles. The van der Waals surface area contributed by atoms with Crippen molar-refractivity contribution < 1.29 is 0 Å². The number of hydrogen-bond acceptors (Lipinski definition) is 4.